The van der Waals surface area contributed by atoms with Crippen LogP contribution in [0.1, 0.15) is 47.1 Å². The molecule has 1 aromatic carbocycles. The van der Waals surface area contributed by atoms with E-state index in [1.54, 1.807) is 0 Å². The van der Waals surface area contributed by atoms with Gasteiger partial charge in [0, 0.05) is 12.1 Å². The third-order valence-electron chi connectivity index (χ3n) is 2.98. The Kier molecular flexibility index (Phi) is 7.52. The van der Waals surface area contributed by atoms with Crippen molar-refractivity contribution in [2.45, 2.75) is 59.3 Å². The zero-order valence-corrected chi connectivity index (χ0v) is 15.1. The lowest BCUT2D eigenvalue weighted by Gasteiger charge is -2.22. The summed E-state index contributed by atoms with van der Waals surface area (Å²) in [5, 5.41) is 17.1. The third kappa shape index (κ3) is 8.57. The van der Waals surface area contributed by atoms with Crippen LogP contribution in [-0.4, -0.2) is 41.7 Å². The highest BCUT2D eigenvalue weighted by Gasteiger charge is 2.12. The normalized spacial score (nSPS) is 14.0. The average Bonchev–Trinajstić information content (AvgIpc) is 2.44. The average molecular weight is 322 g/mol. The Balaban J connectivity index is 2.44. The highest BCUT2D eigenvalue weighted by atomic mass is 16.6. The molecule has 1 unspecified atom stereocenters. The van der Waals surface area contributed by atoms with Gasteiger partial charge in [0.25, 0.3) is 0 Å². The summed E-state index contributed by atoms with van der Waals surface area (Å²) >= 11 is 0. The van der Waals surface area contributed by atoms with Crippen molar-refractivity contribution < 1.29 is 14.7 Å². The van der Waals surface area contributed by atoms with Crippen LogP contribution in [0.3, 0.4) is 0 Å². The van der Waals surface area contributed by atoms with Crippen LogP contribution in [0.2, 0.25) is 0 Å². The van der Waals surface area contributed by atoms with Crippen LogP contribution in [0.4, 0.5) is 0 Å². The van der Waals surface area contributed by atoms with E-state index in [2.05, 4.69) is 31.2 Å². The Morgan fingerprint density at radius 2 is 1.83 bits per heavy atom. The van der Waals surface area contributed by atoms with Crippen molar-refractivity contribution >= 4 is 5.71 Å². The van der Waals surface area contributed by atoms with Gasteiger partial charge in [-0.05, 0) is 71.4 Å². The number of hydrogen-bond acceptors (Lipinski definition) is 5. The molecule has 1 aromatic rings. The van der Waals surface area contributed by atoms with Gasteiger partial charge in [-0.15, -0.1) is 0 Å². The predicted molar refractivity (Wildman–Crippen MR) is 94.1 cm³/mol. The fraction of sp³-hybridized carbons (Fsp3) is 0.611. The van der Waals surface area contributed by atoms with E-state index in [1.807, 2.05) is 45.0 Å². The first kappa shape index (κ1) is 19.5. The smallest absolute Gasteiger partial charge is 0.144 e. The summed E-state index contributed by atoms with van der Waals surface area (Å²) in [6.45, 7) is 12.6. The number of rotatable bonds is 8. The van der Waals surface area contributed by atoms with Crippen LogP contribution < -0.4 is 10.1 Å². The quantitative estimate of drug-likeness (QED) is 0.570. The lowest BCUT2D eigenvalue weighted by molar-refractivity contribution is 0.0373. The Bertz CT molecular complexity index is 490. The maximum Gasteiger partial charge on any atom is 0.144 e. The standard InChI is InChI=1S/C18H30N2O3/c1-13(2)23-17-9-7-15(8-10-17)14(3)20-22-12-16(21)11-19-18(4,5)6/h7-10,13,16,19,21H,11-12H2,1-6H3/b20-14+. The number of hydrogen-bond donors (Lipinski definition) is 2. The number of aliphatic hydroxyl groups excluding tert-OH is 1. The number of nitrogens with zero attached hydrogens (tertiary/aromatic N) is 1. The summed E-state index contributed by atoms with van der Waals surface area (Å²) in [5.74, 6) is 0.834. The van der Waals surface area contributed by atoms with Gasteiger partial charge in [-0.2, -0.15) is 0 Å². The molecule has 0 aliphatic rings. The second-order valence-electron chi connectivity index (χ2n) is 6.95. The minimum atomic E-state index is -0.590. The van der Waals surface area contributed by atoms with Gasteiger partial charge in [0.05, 0.1) is 11.8 Å². The van der Waals surface area contributed by atoms with Crippen molar-refractivity contribution in [3.63, 3.8) is 0 Å². The summed E-state index contributed by atoms with van der Waals surface area (Å²) in [7, 11) is 0. The summed E-state index contributed by atoms with van der Waals surface area (Å²) < 4.78 is 5.60. The molecule has 0 aromatic heterocycles. The van der Waals surface area contributed by atoms with Gasteiger partial charge in [0.1, 0.15) is 18.5 Å². The van der Waals surface area contributed by atoms with E-state index in [0.717, 1.165) is 17.0 Å². The van der Waals surface area contributed by atoms with Crippen LogP contribution in [0.5, 0.6) is 5.75 Å². The zero-order chi connectivity index (χ0) is 17.5. The van der Waals surface area contributed by atoms with Gasteiger partial charge < -0.3 is 20.0 Å². The molecule has 0 saturated carbocycles. The van der Waals surface area contributed by atoms with E-state index in [9.17, 15) is 5.11 Å². The van der Waals surface area contributed by atoms with Crippen molar-refractivity contribution in [3.8, 4) is 5.75 Å². The third-order valence-corrected chi connectivity index (χ3v) is 2.98. The van der Waals surface area contributed by atoms with Crippen LogP contribution in [0.15, 0.2) is 29.4 Å². The lowest BCUT2D eigenvalue weighted by Crippen LogP contribution is -2.42. The maximum absolute atomic E-state index is 9.84. The van der Waals surface area contributed by atoms with Gasteiger partial charge in [0.2, 0.25) is 0 Å². The molecule has 130 valence electrons. The minimum Gasteiger partial charge on any atom is -0.491 e. The Hall–Kier alpha value is -1.59. The van der Waals surface area contributed by atoms with Crippen LogP contribution in [-0.2, 0) is 4.84 Å². The molecule has 0 radical (unpaired) electrons. The van der Waals surface area contributed by atoms with E-state index < -0.39 is 6.10 Å². The first-order chi connectivity index (χ1) is 10.7. The van der Waals surface area contributed by atoms with Gasteiger partial charge in [-0.25, -0.2) is 0 Å². The van der Waals surface area contributed by atoms with E-state index >= 15 is 0 Å². The Morgan fingerprint density at radius 3 is 2.35 bits per heavy atom. The molecule has 5 heteroatoms. The summed E-state index contributed by atoms with van der Waals surface area (Å²) in [6.07, 6.45) is -0.435. The first-order valence-electron chi connectivity index (χ1n) is 8.04. The van der Waals surface area contributed by atoms with Crippen LogP contribution in [0.25, 0.3) is 0 Å². The van der Waals surface area contributed by atoms with E-state index in [-0.39, 0.29) is 18.2 Å². The second-order valence-corrected chi connectivity index (χ2v) is 6.95. The number of oxime groups is 1. The molecule has 23 heavy (non-hydrogen) atoms. The Morgan fingerprint density at radius 1 is 1.22 bits per heavy atom. The SMILES string of the molecule is C/C(=N\OCC(O)CNC(C)(C)C)c1ccc(OC(C)C)cc1. The molecule has 0 aliphatic carbocycles. The molecule has 0 bridgehead atoms. The predicted octanol–water partition coefficient (Wildman–Crippen LogP) is 2.96. The fourth-order valence-corrected chi connectivity index (χ4v) is 1.80. The van der Waals surface area contributed by atoms with Crippen molar-refractivity contribution in [1.82, 2.24) is 5.32 Å². The molecule has 5 nitrogen and oxygen atoms in total. The summed E-state index contributed by atoms with van der Waals surface area (Å²) in [5.41, 5.74) is 1.69. The second kappa shape index (κ2) is 8.89. The van der Waals surface area contributed by atoms with Crippen molar-refractivity contribution in [1.29, 1.82) is 0 Å². The molecule has 1 atom stereocenters. The van der Waals surface area contributed by atoms with Gasteiger partial charge >= 0.3 is 0 Å². The maximum atomic E-state index is 9.84. The minimum absolute atomic E-state index is 0.0278. The summed E-state index contributed by atoms with van der Waals surface area (Å²) in [6, 6.07) is 7.71. The molecule has 2 N–H and O–H groups in total. The van der Waals surface area contributed by atoms with Crippen LogP contribution in [0, 0.1) is 0 Å². The van der Waals surface area contributed by atoms with Gasteiger partial charge in [-0.1, -0.05) is 5.16 Å². The molecular weight excluding hydrogens is 292 g/mol. The van der Waals surface area contributed by atoms with Gasteiger partial charge in [0.15, 0.2) is 0 Å². The fourth-order valence-electron chi connectivity index (χ4n) is 1.80. The monoisotopic (exact) mass is 322 g/mol. The first-order valence-corrected chi connectivity index (χ1v) is 8.04. The Labute approximate surface area is 139 Å². The molecule has 0 fully saturated rings. The number of nitrogens with one attached hydrogen (secondary N) is 1. The zero-order valence-electron chi connectivity index (χ0n) is 15.1. The number of aliphatic hydroxyl groups is 1. The molecular formula is C18H30N2O3. The number of ether oxygens (including phenoxy) is 1. The molecule has 1 rings (SSSR count). The van der Waals surface area contributed by atoms with Crippen LogP contribution >= 0.6 is 0 Å². The van der Waals surface area contributed by atoms with Crippen molar-refractivity contribution in [3.05, 3.63) is 29.8 Å². The van der Waals surface area contributed by atoms with Gasteiger partial charge in [-0.3, -0.25) is 0 Å². The lowest BCUT2D eigenvalue weighted by atomic mass is 10.1. The molecule has 0 spiro atoms. The van der Waals surface area contributed by atoms with Crippen molar-refractivity contribution in [2.24, 2.45) is 5.16 Å². The van der Waals surface area contributed by atoms with E-state index in [0.29, 0.717) is 6.54 Å². The largest absolute Gasteiger partial charge is 0.491 e. The topological polar surface area (TPSA) is 63.1 Å². The molecule has 0 heterocycles. The molecule has 0 saturated heterocycles. The summed E-state index contributed by atoms with van der Waals surface area (Å²) in [4.78, 5) is 5.24. The molecule has 0 aliphatic heterocycles. The highest BCUT2D eigenvalue weighted by molar-refractivity contribution is 5.98. The highest BCUT2D eigenvalue weighted by Crippen LogP contribution is 2.14. The van der Waals surface area contributed by atoms with E-state index in [1.165, 1.54) is 0 Å². The van der Waals surface area contributed by atoms with E-state index in [4.69, 9.17) is 9.57 Å². The number of benzene rings is 1. The number of β-amino-alcohol motifs (C(OH)–C–C–N with tert-alkyl or cyclic N) is 1. The molecule has 0 amide bonds. The van der Waals surface area contributed by atoms with Crippen molar-refractivity contribution in [2.75, 3.05) is 13.2 Å².